The van der Waals surface area contributed by atoms with Crippen LogP contribution in [-0.2, 0) is 0 Å². The van der Waals surface area contributed by atoms with Crippen LogP contribution in [0.25, 0.3) is 10.2 Å². The number of thiophene rings is 1. The van der Waals surface area contributed by atoms with Crippen molar-refractivity contribution < 1.29 is 4.74 Å². The first-order valence-electron chi connectivity index (χ1n) is 7.89. The number of hydrogen-bond donors (Lipinski definition) is 1. The van der Waals surface area contributed by atoms with Crippen LogP contribution < -0.4 is 10.1 Å². The number of nitrogens with one attached hydrogen (secondary N) is 1. The second kappa shape index (κ2) is 8.31. The first kappa shape index (κ1) is 18.5. The van der Waals surface area contributed by atoms with Gasteiger partial charge >= 0.3 is 0 Å². The van der Waals surface area contributed by atoms with Crippen LogP contribution in [0.2, 0.25) is 0 Å². The molecule has 0 fully saturated rings. The molecule has 24 heavy (non-hydrogen) atoms. The van der Waals surface area contributed by atoms with E-state index in [9.17, 15) is 0 Å². The highest BCUT2D eigenvalue weighted by atomic mass is 35.5. The minimum absolute atomic E-state index is 0. The van der Waals surface area contributed by atoms with Crippen molar-refractivity contribution >= 4 is 45.5 Å². The summed E-state index contributed by atoms with van der Waals surface area (Å²) in [5.41, 5.74) is 2.24. The van der Waals surface area contributed by atoms with E-state index in [-0.39, 0.29) is 12.4 Å². The number of aromatic nitrogens is 2. The Morgan fingerprint density at radius 2 is 1.88 bits per heavy atom. The van der Waals surface area contributed by atoms with Gasteiger partial charge in [-0.25, -0.2) is 9.97 Å². The van der Waals surface area contributed by atoms with E-state index < -0.39 is 0 Å². The first-order chi connectivity index (χ1) is 11.2. The molecule has 0 saturated carbocycles. The molecule has 0 radical (unpaired) electrons. The van der Waals surface area contributed by atoms with E-state index in [0.717, 1.165) is 46.9 Å². The van der Waals surface area contributed by atoms with E-state index in [0.29, 0.717) is 0 Å². The van der Waals surface area contributed by atoms with Gasteiger partial charge in [0.05, 0.1) is 12.0 Å². The Morgan fingerprint density at radius 3 is 2.58 bits per heavy atom. The van der Waals surface area contributed by atoms with Gasteiger partial charge in [-0.15, -0.1) is 23.7 Å². The molecular formula is C18H22ClN3OS. The van der Waals surface area contributed by atoms with Crippen LogP contribution in [0.4, 0.5) is 11.5 Å². The summed E-state index contributed by atoms with van der Waals surface area (Å²) in [7, 11) is 0. The summed E-state index contributed by atoms with van der Waals surface area (Å²) in [6.45, 7) is 7.16. The van der Waals surface area contributed by atoms with Crippen LogP contribution in [-0.4, -0.2) is 16.6 Å². The van der Waals surface area contributed by atoms with Gasteiger partial charge < -0.3 is 10.1 Å². The summed E-state index contributed by atoms with van der Waals surface area (Å²) < 4.78 is 5.69. The minimum atomic E-state index is 0. The van der Waals surface area contributed by atoms with Gasteiger partial charge in [0.1, 0.15) is 22.7 Å². The second-order valence-electron chi connectivity index (χ2n) is 5.54. The predicted molar refractivity (Wildman–Crippen MR) is 104 cm³/mol. The molecule has 0 aliphatic heterocycles. The quantitative estimate of drug-likeness (QED) is 0.574. The molecule has 0 bridgehead atoms. The summed E-state index contributed by atoms with van der Waals surface area (Å²) in [4.78, 5) is 11.1. The maximum atomic E-state index is 5.69. The average Bonchev–Trinajstić information content (AvgIpc) is 2.85. The summed E-state index contributed by atoms with van der Waals surface area (Å²) in [5.74, 6) is 1.76. The Balaban J connectivity index is 0.00000208. The molecule has 4 nitrogen and oxygen atoms in total. The molecular weight excluding hydrogens is 342 g/mol. The number of fused-ring (bicyclic) bond motifs is 1. The molecule has 1 N–H and O–H groups in total. The van der Waals surface area contributed by atoms with Crippen molar-refractivity contribution in [2.45, 2.75) is 33.6 Å². The van der Waals surface area contributed by atoms with E-state index in [1.165, 1.54) is 10.4 Å². The standard InChI is InChI=1S/C18H21N3OS.ClH/c1-4-5-10-22-15-8-6-14(7-9-15)21-17-16-12(2)13(3)23-18(16)20-11-19-17;/h6-9,11H,4-5,10H2,1-3H3,(H,19,20,21);1H. The number of unbranched alkanes of at least 4 members (excludes halogenated alkanes) is 1. The molecule has 3 rings (SSSR count). The maximum absolute atomic E-state index is 5.69. The number of hydrogen-bond acceptors (Lipinski definition) is 5. The van der Waals surface area contributed by atoms with Crippen LogP contribution in [0.15, 0.2) is 30.6 Å². The van der Waals surface area contributed by atoms with E-state index in [4.69, 9.17) is 4.74 Å². The van der Waals surface area contributed by atoms with Gasteiger partial charge in [-0.05, 0) is 50.1 Å². The van der Waals surface area contributed by atoms with E-state index in [1.54, 1.807) is 17.7 Å². The zero-order chi connectivity index (χ0) is 16.2. The van der Waals surface area contributed by atoms with E-state index in [2.05, 4.69) is 36.1 Å². The summed E-state index contributed by atoms with van der Waals surface area (Å²) >= 11 is 1.71. The molecule has 2 heterocycles. The third-order valence-electron chi connectivity index (χ3n) is 3.85. The Hall–Kier alpha value is -1.85. The molecule has 0 unspecified atom stereocenters. The molecule has 2 aromatic heterocycles. The van der Waals surface area contributed by atoms with Gasteiger partial charge in [0.25, 0.3) is 0 Å². The highest BCUT2D eigenvalue weighted by molar-refractivity contribution is 7.18. The topological polar surface area (TPSA) is 47.0 Å². The van der Waals surface area contributed by atoms with Crippen LogP contribution in [0.1, 0.15) is 30.2 Å². The number of rotatable bonds is 6. The van der Waals surface area contributed by atoms with Crippen LogP contribution in [0.5, 0.6) is 5.75 Å². The maximum Gasteiger partial charge on any atom is 0.142 e. The van der Waals surface area contributed by atoms with Gasteiger partial charge in [0, 0.05) is 10.6 Å². The fourth-order valence-electron chi connectivity index (χ4n) is 2.38. The van der Waals surface area contributed by atoms with Crippen LogP contribution in [0, 0.1) is 13.8 Å². The minimum Gasteiger partial charge on any atom is -0.494 e. The molecule has 3 aromatic rings. The number of anilines is 2. The molecule has 0 spiro atoms. The lowest BCUT2D eigenvalue weighted by Gasteiger charge is -2.09. The number of halogens is 1. The van der Waals surface area contributed by atoms with Crippen molar-refractivity contribution in [3.63, 3.8) is 0 Å². The van der Waals surface area contributed by atoms with Crippen molar-refractivity contribution in [1.82, 2.24) is 9.97 Å². The highest BCUT2D eigenvalue weighted by Crippen LogP contribution is 2.33. The highest BCUT2D eigenvalue weighted by Gasteiger charge is 2.11. The van der Waals surface area contributed by atoms with Crippen molar-refractivity contribution in [3.8, 4) is 5.75 Å². The van der Waals surface area contributed by atoms with E-state index >= 15 is 0 Å². The predicted octanol–water partition coefficient (Wildman–Crippen LogP) is 5.65. The van der Waals surface area contributed by atoms with E-state index in [1.807, 2.05) is 24.3 Å². The Bertz CT molecular complexity index is 802. The zero-order valence-electron chi connectivity index (χ0n) is 14.1. The van der Waals surface area contributed by atoms with Gasteiger partial charge in [-0.1, -0.05) is 13.3 Å². The molecule has 0 atom stereocenters. The van der Waals surface area contributed by atoms with Crippen molar-refractivity contribution in [3.05, 3.63) is 41.0 Å². The number of benzene rings is 1. The molecule has 0 amide bonds. The number of aryl methyl sites for hydroxylation is 2. The Labute approximate surface area is 152 Å². The average molecular weight is 364 g/mol. The molecule has 0 saturated heterocycles. The lowest BCUT2D eigenvalue weighted by molar-refractivity contribution is 0.309. The van der Waals surface area contributed by atoms with Crippen LogP contribution in [0.3, 0.4) is 0 Å². The normalized spacial score (nSPS) is 10.5. The fraction of sp³-hybridized carbons (Fsp3) is 0.333. The molecule has 6 heteroatoms. The second-order valence-corrected chi connectivity index (χ2v) is 6.74. The monoisotopic (exact) mass is 363 g/mol. The third-order valence-corrected chi connectivity index (χ3v) is 4.96. The van der Waals surface area contributed by atoms with Gasteiger partial charge in [0.2, 0.25) is 0 Å². The molecule has 1 aromatic carbocycles. The lowest BCUT2D eigenvalue weighted by Crippen LogP contribution is -1.98. The summed E-state index contributed by atoms with van der Waals surface area (Å²) in [5, 5.41) is 4.51. The number of ether oxygens (including phenoxy) is 1. The molecule has 0 aliphatic carbocycles. The Kier molecular flexibility index (Phi) is 6.40. The molecule has 0 aliphatic rings. The van der Waals surface area contributed by atoms with Crippen molar-refractivity contribution in [2.75, 3.05) is 11.9 Å². The fourth-order valence-corrected chi connectivity index (χ4v) is 3.38. The lowest BCUT2D eigenvalue weighted by atomic mass is 10.2. The van der Waals surface area contributed by atoms with Gasteiger partial charge in [0.15, 0.2) is 0 Å². The smallest absolute Gasteiger partial charge is 0.142 e. The number of nitrogens with zero attached hydrogens (tertiary/aromatic N) is 2. The molecule has 128 valence electrons. The Morgan fingerprint density at radius 1 is 1.12 bits per heavy atom. The van der Waals surface area contributed by atoms with Gasteiger partial charge in [-0.3, -0.25) is 0 Å². The SMILES string of the molecule is CCCCOc1ccc(Nc2ncnc3sc(C)c(C)c23)cc1.Cl. The third kappa shape index (κ3) is 3.97. The first-order valence-corrected chi connectivity index (χ1v) is 8.71. The zero-order valence-corrected chi connectivity index (χ0v) is 15.8. The van der Waals surface area contributed by atoms with Crippen molar-refractivity contribution in [2.24, 2.45) is 0 Å². The van der Waals surface area contributed by atoms with Crippen LogP contribution >= 0.6 is 23.7 Å². The largest absolute Gasteiger partial charge is 0.494 e. The summed E-state index contributed by atoms with van der Waals surface area (Å²) in [6.07, 6.45) is 3.83. The van der Waals surface area contributed by atoms with Gasteiger partial charge in [-0.2, -0.15) is 0 Å². The van der Waals surface area contributed by atoms with Crippen molar-refractivity contribution in [1.29, 1.82) is 0 Å². The summed E-state index contributed by atoms with van der Waals surface area (Å²) in [6, 6.07) is 8.01.